The van der Waals surface area contributed by atoms with Crippen molar-refractivity contribution in [2.75, 3.05) is 13.2 Å². The average molecular weight is 321 g/mol. The zero-order chi connectivity index (χ0) is 15.9. The summed E-state index contributed by atoms with van der Waals surface area (Å²) in [6, 6.07) is 0. The van der Waals surface area contributed by atoms with Crippen LogP contribution in [0.1, 0.15) is 61.5 Å². The first-order valence-electron chi connectivity index (χ1n) is 9.25. The molecule has 3 aliphatic rings. The Labute approximate surface area is 142 Å². The van der Waals surface area contributed by atoms with Crippen LogP contribution in [-0.4, -0.2) is 28.2 Å². The third-order valence-electron chi connectivity index (χ3n) is 5.70. The number of aromatic amines is 1. The minimum Gasteiger partial charge on any atom is -0.377 e. The van der Waals surface area contributed by atoms with E-state index in [9.17, 15) is 0 Å². The standard InChI is InChI=1S/C20H23N3O/c1-2-4-14(5-3-1)20-22-17-12-21-16-7-6-15(18(16)19(17)23-20)13-8-10-24-11-9-13/h6,8,12,14H,1-5,7,9-11H2,(H,22,23). The summed E-state index contributed by atoms with van der Waals surface area (Å²) in [7, 11) is 0. The number of allylic oxidation sites excluding steroid dienone is 2. The number of fused-ring (bicyclic) bond motifs is 3. The second-order valence-electron chi connectivity index (χ2n) is 7.18. The van der Waals surface area contributed by atoms with Crippen LogP contribution in [0, 0.1) is 0 Å². The Morgan fingerprint density at radius 2 is 2.04 bits per heavy atom. The Balaban J connectivity index is 1.59. The molecule has 4 nitrogen and oxygen atoms in total. The number of imidazole rings is 1. The maximum atomic E-state index is 5.48. The number of hydrogen-bond donors (Lipinski definition) is 1. The molecule has 3 heterocycles. The first-order valence-corrected chi connectivity index (χ1v) is 9.25. The minimum atomic E-state index is 0.595. The van der Waals surface area contributed by atoms with Crippen LogP contribution in [0.4, 0.5) is 0 Å². The first-order chi connectivity index (χ1) is 11.9. The molecule has 0 bridgehead atoms. The molecule has 1 saturated carbocycles. The van der Waals surface area contributed by atoms with Crippen LogP contribution in [0.2, 0.25) is 0 Å². The van der Waals surface area contributed by atoms with Crippen LogP contribution in [0.15, 0.2) is 23.9 Å². The quantitative estimate of drug-likeness (QED) is 0.897. The van der Waals surface area contributed by atoms with Gasteiger partial charge in [-0.05, 0) is 30.4 Å². The van der Waals surface area contributed by atoms with Gasteiger partial charge in [-0.1, -0.05) is 31.4 Å². The summed E-state index contributed by atoms with van der Waals surface area (Å²) in [5, 5.41) is 0. The molecule has 124 valence electrons. The van der Waals surface area contributed by atoms with E-state index < -0.39 is 0 Å². The monoisotopic (exact) mass is 321 g/mol. The number of ether oxygens (including phenoxy) is 1. The number of pyridine rings is 1. The zero-order valence-electron chi connectivity index (χ0n) is 14.0. The number of H-pyrrole nitrogens is 1. The largest absolute Gasteiger partial charge is 0.377 e. The highest BCUT2D eigenvalue weighted by molar-refractivity contribution is 5.96. The van der Waals surface area contributed by atoms with Crippen molar-refractivity contribution in [1.29, 1.82) is 0 Å². The summed E-state index contributed by atoms with van der Waals surface area (Å²) < 4.78 is 5.48. The van der Waals surface area contributed by atoms with Crippen LogP contribution in [0.25, 0.3) is 16.6 Å². The summed E-state index contributed by atoms with van der Waals surface area (Å²) in [5.74, 6) is 1.77. The van der Waals surface area contributed by atoms with Crippen molar-refractivity contribution in [2.45, 2.75) is 50.9 Å². The molecule has 0 unspecified atom stereocenters. The number of rotatable bonds is 2. The fraction of sp³-hybridized carbons (Fsp3) is 0.500. The summed E-state index contributed by atoms with van der Waals surface area (Å²) in [4.78, 5) is 13.3. The van der Waals surface area contributed by atoms with Crippen LogP contribution in [0.5, 0.6) is 0 Å². The van der Waals surface area contributed by atoms with Gasteiger partial charge < -0.3 is 9.72 Å². The van der Waals surface area contributed by atoms with Gasteiger partial charge in [0, 0.05) is 17.9 Å². The molecule has 0 amide bonds. The lowest BCUT2D eigenvalue weighted by Crippen LogP contribution is -2.06. The lowest BCUT2D eigenvalue weighted by Gasteiger charge is -2.19. The smallest absolute Gasteiger partial charge is 0.110 e. The van der Waals surface area contributed by atoms with E-state index in [1.165, 1.54) is 60.3 Å². The molecule has 4 heteroatoms. The van der Waals surface area contributed by atoms with Crippen molar-refractivity contribution in [2.24, 2.45) is 0 Å². The molecule has 0 saturated heterocycles. The van der Waals surface area contributed by atoms with Crippen LogP contribution in [0.3, 0.4) is 0 Å². The lowest BCUT2D eigenvalue weighted by atomic mass is 9.89. The predicted octanol–water partition coefficient (Wildman–Crippen LogP) is 4.29. The molecule has 2 aromatic heterocycles. The van der Waals surface area contributed by atoms with Gasteiger partial charge in [-0.15, -0.1) is 0 Å². The third kappa shape index (κ3) is 2.32. The third-order valence-corrected chi connectivity index (χ3v) is 5.70. The molecular formula is C20H23N3O. The maximum absolute atomic E-state index is 5.48. The summed E-state index contributed by atoms with van der Waals surface area (Å²) >= 11 is 0. The van der Waals surface area contributed by atoms with Crippen molar-refractivity contribution in [3.63, 3.8) is 0 Å². The summed E-state index contributed by atoms with van der Waals surface area (Å²) in [6.45, 7) is 1.54. The minimum absolute atomic E-state index is 0.595. The second-order valence-corrected chi connectivity index (χ2v) is 7.18. The van der Waals surface area contributed by atoms with Crippen molar-refractivity contribution in [1.82, 2.24) is 15.0 Å². The van der Waals surface area contributed by atoms with E-state index in [0.717, 1.165) is 37.1 Å². The molecule has 2 aliphatic carbocycles. The Morgan fingerprint density at radius 1 is 1.12 bits per heavy atom. The van der Waals surface area contributed by atoms with Crippen molar-refractivity contribution in [3.8, 4) is 0 Å². The van der Waals surface area contributed by atoms with Crippen LogP contribution >= 0.6 is 0 Å². The van der Waals surface area contributed by atoms with E-state index >= 15 is 0 Å². The molecule has 24 heavy (non-hydrogen) atoms. The highest BCUT2D eigenvalue weighted by Gasteiger charge is 2.26. The fourth-order valence-corrected chi connectivity index (χ4v) is 4.40. The van der Waals surface area contributed by atoms with Gasteiger partial charge >= 0.3 is 0 Å². The van der Waals surface area contributed by atoms with E-state index in [-0.39, 0.29) is 0 Å². The van der Waals surface area contributed by atoms with Crippen molar-refractivity contribution >= 4 is 16.6 Å². The van der Waals surface area contributed by atoms with Gasteiger partial charge in [0.2, 0.25) is 0 Å². The Kier molecular flexibility index (Phi) is 3.51. The van der Waals surface area contributed by atoms with Gasteiger partial charge in [0.1, 0.15) is 5.82 Å². The van der Waals surface area contributed by atoms with E-state index in [0.29, 0.717) is 5.92 Å². The highest BCUT2D eigenvalue weighted by Crippen LogP contribution is 2.39. The molecular weight excluding hydrogens is 298 g/mol. The van der Waals surface area contributed by atoms with Crippen LogP contribution < -0.4 is 0 Å². The molecule has 5 rings (SSSR count). The fourth-order valence-electron chi connectivity index (χ4n) is 4.40. The Morgan fingerprint density at radius 3 is 2.88 bits per heavy atom. The van der Waals surface area contributed by atoms with Crippen molar-refractivity contribution < 1.29 is 4.74 Å². The molecule has 0 aromatic carbocycles. The van der Waals surface area contributed by atoms with Gasteiger partial charge in [0.25, 0.3) is 0 Å². The van der Waals surface area contributed by atoms with E-state index in [2.05, 4.69) is 17.1 Å². The van der Waals surface area contributed by atoms with Gasteiger partial charge in [-0.3, -0.25) is 4.98 Å². The number of nitrogens with one attached hydrogen (secondary N) is 1. The Bertz CT molecular complexity index is 840. The van der Waals surface area contributed by atoms with Crippen LogP contribution in [-0.2, 0) is 11.2 Å². The predicted molar refractivity (Wildman–Crippen MR) is 94.9 cm³/mol. The molecule has 0 spiro atoms. The van der Waals surface area contributed by atoms with E-state index in [1.807, 2.05) is 6.20 Å². The molecule has 1 aliphatic heterocycles. The second kappa shape index (κ2) is 5.85. The van der Waals surface area contributed by atoms with Gasteiger partial charge in [0.05, 0.1) is 36.1 Å². The van der Waals surface area contributed by atoms with Gasteiger partial charge in [0.15, 0.2) is 0 Å². The topological polar surface area (TPSA) is 50.8 Å². The van der Waals surface area contributed by atoms with Crippen molar-refractivity contribution in [3.05, 3.63) is 41.0 Å². The van der Waals surface area contributed by atoms with E-state index in [1.54, 1.807) is 0 Å². The molecule has 1 fully saturated rings. The van der Waals surface area contributed by atoms with Gasteiger partial charge in [-0.25, -0.2) is 4.98 Å². The Hall–Kier alpha value is -1.94. The SMILES string of the molecule is C1=C(C2=CCc3ncc4[nH]c(C5CCCCC5)nc4c32)CCOC1. The van der Waals surface area contributed by atoms with E-state index in [4.69, 9.17) is 14.7 Å². The highest BCUT2D eigenvalue weighted by atomic mass is 16.5. The average Bonchev–Trinajstić information content (AvgIpc) is 3.27. The molecule has 1 N–H and O–H groups in total. The number of aromatic nitrogens is 3. The van der Waals surface area contributed by atoms with Gasteiger partial charge in [-0.2, -0.15) is 0 Å². The number of nitrogens with zero attached hydrogens (tertiary/aromatic N) is 2. The zero-order valence-corrected chi connectivity index (χ0v) is 14.0. The maximum Gasteiger partial charge on any atom is 0.110 e. The molecule has 2 aromatic rings. The summed E-state index contributed by atoms with van der Waals surface area (Å²) in [6.07, 6.45) is 15.0. The lowest BCUT2D eigenvalue weighted by molar-refractivity contribution is 0.156. The summed E-state index contributed by atoms with van der Waals surface area (Å²) in [5.41, 5.74) is 7.39. The first kappa shape index (κ1) is 14.4. The normalized spacial score (nSPS) is 21.7. The number of hydrogen-bond acceptors (Lipinski definition) is 3. The molecule has 0 radical (unpaired) electrons. The molecule has 0 atom stereocenters.